The lowest BCUT2D eigenvalue weighted by atomic mass is 9.97. The van der Waals surface area contributed by atoms with E-state index >= 15 is 0 Å². The highest BCUT2D eigenvalue weighted by Crippen LogP contribution is 2.41. The molecular weight excluding hydrogens is 385 g/mol. The highest BCUT2D eigenvalue weighted by Gasteiger charge is 2.58. The second-order valence-electron chi connectivity index (χ2n) is 5.77. The number of alkyl halides is 3. The molecule has 2 heterocycles. The maximum Gasteiger partial charge on any atom is 0.425 e. The van der Waals surface area contributed by atoms with Crippen LogP contribution in [0.1, 0.15) is 12.2 Å². The van der Waals surface area contributed by atoms with Gasteiger partial charge in [-0.15, -0.1) is 0 Å². The van der Waals surface area contributed by atoms with E-state index in [1.165, 1.54) is 20.4 Å². The summed E-state index contributed by atoms with van der Waals surface area (Å²) in [7, 11) is 2.76. The molecule has 0 aliphatic rings. The first-order chi connectivity index (χ1) is 12.7. The minimum atomic E-state index is -5.10. The van der Waals surface area contributed by atoms with Gasteiger partial charge in [0.2, 0.25) is 11.5 Å². The maximum absolute atomic E-state index is 13.5. The predicted molar refractivity (Wildman–Crippen MR) is 92.6 cm³/mol. The Bertz CT molecular complexity index is 985. The number of nitrogens with zero attached hydrogens (tertiary/aromatic N) is 3. The zero-order chi connectivity index (χ0) is 19.8. The van der Waals surface area contributed by atoms with Crippen molar-refractivity contribution in [2.45, 2.75) is 18.2 Å². The largest absolute Gasteiger partial charge is 0.494 e. The number of carbonyl (C=O) groups excluding carboxylic acids is 1. The molecule has 0 fully saturated rings. The number of thiazole rings is 1. The molecular formula is C16H15F3N4O3S. The van der Waals surface area contributed by atoms with Gasteiger partial charge < -0.3 is 19.7 Å². The van der Waals surface area contributed by atoms with Crippen molar-refractivity contribution in [2.75, 3.05) is 12.4 Å². The third-order valence-electron chi connectivity index (χ3n) is 3.92. The number of benzene rings is 1. The molecule has 0 bridgehead atoms. The van der Waals surface area contributed by atoms with Crippen molar-refractivity contribution in [2.24, 2.45) is 7.05 Å². The van der Waals surface area contributed by atoms with E-state index in [1.54, 1.807) is 18.2 Å². The number of methoxy groups -OCH3 is 1. The summed E-state index contributed by atoms with van der Waals surface area (Å²) in [4.78, 5) is 20.0. The fraction of sp³-hybridized carbons (Fsp3) is 0.312. The van der Waals surface area contributed by atoms with Gasteiger partial charge in [0.05, 0.1) is 18.2 Å². The number of rotatable bonds is 5. The lowest BCUT2D eigenvalue weighted by molar-refractivity contribution is -0.270. The fourth-order valence-corrected chi connectivity index (χ4v) is 3.51. The number of halogens is 3. The number of amides is 1. The SMILES string of the molecule is COc1cccc2sc(NC(=O)CC(O)(c3nccn3C)C(F)(F)F)nc12. The van der Waals surface area contributed by atoms with Crippen LogP contribution in [-0.4, -0.2) is 38.8 Å². The molecule has 27 heavy (non-hydrogen) atoms. The van der Waals surface area contributed by atoms with Crippen LogP contribution in [0.25, 0.3) is 10.2 Å². The second kappa shape index (κ2) is 6.82. The van der Waals surface area contributed by atoms with Crippen LogP contribution in [0, 0.1) is 0 Å². The normalized spacial score (nSPS) is 14.1. The van der Waals surface area contributed by atoms with Gasteiger partial charge in [-0.1, -0.05) is 17.4 Å². The maximum atomic E-state index is 13.5. The van der Waals surface area contributed by atoms with Crippen LogP contribution in [0.15, 0.2) is 30.6 Å². The Morgan fingerprint density at radius 3 is 2.74 bits per heavy atom. The van der Waals surface area contributed by atoms with Gasteiger partial charge >= 0.3 is 6.18 Å². The molecule has 11 heteroatoms. The van der Waals surface area contributed by atoms with Crippen molar-refractivity contribution < 1.29 is 27.8 Å². The molecule has 144 valence electrons. The number of hydrogen-bond acceptors (Lipinski definition) is 6. The first kappa shape index (κ1) is 19.1. The van der Waals surface area contributed by atoms with Gasteiger partial charge in [-0.05, 0) is 12.1 Å². The van der Waals surface area contributed by atoms with Crippen LogP contribution >= 0.6 is 11.3 Å². The van der Waals surface area contributed by atoms with Gasteiger partial charge in [-0.2, -0.15) is 13.2 Å². The lowest BCUT2D eigenvalue weighted by Crippen LogP contribution is -2.46. The molecule has 1 aromatic carbocycles. The summed E-state index contributed by atoms with van der Waals surface area (Å²) < 4.78 is 47.4. The second-order valence-corrected chi connectivity index (χ2v) is 6.80. The summed E-state index contributed by atoms with van der Waals surface area (Å²) >= 11 is 1.08. The molecule has 0 aliphatic heterocycles. The van der Waals surface area contributed by atoms with Gasteiger partial charge in [0.15, 0.2) is 11.0 Å². The molecule has 0 radical (unpaired) electrons. The fourth-order valence-electron chi connectivity index (χ4n) is 2.61. The Balaban J connectivity index is 1.86. The molecule has 0 spiro atoms. The van der Waals surface area contributed by atoms with Crippen molar-refractivity contribution in [3.63, 3.8) is 0 Å². The van der Waals surface area contributed by atoms with E-state index in [1.807, 2.05) is 0 Å². The summed E-state index contributed by atoms with van der Waals surface area (Å²) in [5, 5.41) is 12.7. The predicted octanol–water partition coefficient (Wildman–Crippen LogP) is 2.82. The molecule has 0 saturated carbocycles. The molecule has 2 aromatic heterocycles. The molecule has 0 saturated heterocycles. The first-order valence-electron chi connectivity index (χ1n) is 7.66. The molecule has 1 unspecified atom stereocenters. The summed E-state index contributed by atoms with van der Waals surface area (Å²) in [6.07, 6.45) is -3.98. The van der Waals surface area contributed by atoms with Crippen LogP contribution in [0.5, 0.6) is 5.75 Å². The number of ether oxygens (including phenoxy) is 1. The van der Waals surface area contributed by atoms with Gasteiger partial charge in [0, 0.05) is 19.4 Å². The number of hydrogen-bond donors (Lipinski definition) is 2. The number of carbonyl (C=O) groups is 1. The highest BCUT2D eigenvalue weighted by atomic mass is 32.1. The number of fused-ring (bicyclic) bond motifs is 1. The standard InChI is InChI=1S/C16H15F3N4O3S/c1-23-7-6-20-13(23)15(25,16(17,18)19)8-11(24)21-14-22-12-9(26-2)4-3-5-10(12)27-14/h3-7,25H,8H2,1-2H3,(H,21,22,24). The monoisotopic (exact) mass is 400 g/mol. The molecule has 0 aliphatic carbocycles. The summed E-state index contributed by atoms with van der Waals surface area (Å²) in [5.74, 6) is -1.24. The molecule has 1 amide bonds. The van der Waals surface area contributed by atoms with E-state index in [9.17, 15) is 23.1 Å². The molecule has 3 rings (SSSR count). The van der Waals surface area contributed by atoms with Gasteiger partial charge in [-0.3, -0.25) is 4.79 Å². The van der Waals surface area contributed by atoms with Gasteiger partial charge in [0.1, 0.15) is 11.3 Å². The smallest absolute Gasteiger partial charge is 0.425 e. The Kier molecular flexibility index (Phi) is 4.82. The quantitative estimate of drug-likeness (QED) is 0.688. The average molecular weight is 400 g/mol. The number of nitrogens with one attached hydrogen (secondary N) is 1. The van der Waals surface area contributed by atoms with Crippen LogP contribution in [0.3, 0.4) is 0 Å². The zero-order valence-corrected chi connectivity index (χ0v) is 15.1. The van der Waals surface area contributed by atoms with Crippen molar-refractivity contribution >= 4 is 32.6 Å². The number of imidazole rings is 1. The minimum absolute atomic E-state index is 0.101. The molecule has 1 atom stereocenters. The first-order valence-corrected chi connectivity index (χ1v) is 8.47. The van der Waals surface area contributed by atoms with Crippen molar-refractivity contribution in [3.8, 4) is 5.75 Å². The third-order valence-corrected chi connectivity index (χ3v) is 4.86. The van der Waals surface area contributed by atoms with Crippen LogP contribution in [0.4, 0.5) is 18.3 Å². The summed E-state index contributed by atoms with van der Waals surface area (Å²) in [6, 6.07) is 5.15. The number of aryl methyl sites for hydroxylation is 1. The summed E-state index contributed by atoms with van der Waals surface area (Å²) in [5.41, 5.74) is -2.94. The number of para-hydroxylation sites is 1. The van der Waals surface area contributed by atoms with E-state index in [0.29, 0.717) is 16.0 Å². The Labute approximate surface area is 155 Å². The molecule has 2 N–H and O–H groups in total. The van der Waals surface area contributed by atoms with Crippen molar-refractivity contribution in [1.82, 2.24) is 14.5 Å². The minimum Gasteiger partial charge on any atom is -0.494 e. The van der Waals surface area contributed by atoms with Gasteiger partial charge in [0.25, 0.3) is 0 Å². The van der Waals surface area contributed by atoms with E-state index in [2.05, 4.69) is 15.3 Å². The third kappa shape index (κ3) is 3.47. The van der Waals surface area contributed by atoms with E-state index in [-0.39, 0.29) is 5.13 Å². The number of aromatic nitrogens is 3. The Hall–Kier alpha value is -2.66. The van der Waals surface area contributed by atoms with Gasteiger partial charge in [-0.25, -0.2) is 9.97 Å². The van der Waals surface area contributed by atoms with Crippen LogP contribution in [0.2, 0.25) is 0 Å². The molecule has 3 aromatic rings. The zero-order valence-electron chi connectivity index (χ0n) is 14.2. The van der Waals surface area contributed by atoms with E-state index < -0.39 is 29.9 Å². The number of aliphatic hydroxyl groups is 1. The van der Waals surface area contributed by atoms with Crippen molar-refractivity contribution in [3.05, 3.63) is 36.4 Å². The topological polar surface area (TPSA) is 89.3 Å². The summed E-state index contributed by atoms with van der Waals surface area (Å²) in [6.45, 7) is 0. The Morgan fingerprint density at radius 2 is 2.15 bits per heavy atom. The van der Waals surface area contributed by atoms with E-state index in [0.717, 1.165) is 22.1 Å². The van der Waals surface area contributed by atoms with Crippen molar-refractivity contribution in [1.29, 1.82) is 0 Å². The average Bonchev–Trinajstić information content (AvgIpc) is 3.18. The highest BCUT2D eigenvalue weighted by molar-refractivity contribution is 7.22. The molecule has 7 nitrogen and oxygen atoms in total. The van der Waals surface area contributed by atoms with E-state index in [4.69, 9.17) is 4.74 Å². The van der Waals surface area contributed by atoms with Crippen LogP contribution in [-0.2, 0) is 17.4 Å². The van der Waals surface area contributed by atoms with Crippen LogP contribution < -0.4 is 10.1 Å². The number of anilines is 1. The lowest BCUT2D eigenvalue weighted by Gasteiger charge is -2.29. The Morgan fingerprint density at radius 1 is 1.41 bits per heavy atom.